The lowest BCUT2D eigenvalue weighted by atomic mass is 10.0. The number of nitrogens with one attached hydrogen (secondary N) is 2. The minimum atomic E-state index is -0.0834. The molecule has 1 aromatic carbocycles. The van der Waals surface area contributed by atoms with Gasteiger partial charge in [0.2, 0.25) is 5.91 Å². The first-order valence-corrected chi connectivity index (χ1v) is 10.4. The van der Waals surface area contributed by atoms with Gasteiger partial charge >= 0.3 is 0 Å². The van der Waals surface area contributed by atoms with Crippen LogP contribution in [0, 0.1) is 0 Å². The normalized spacial score (nSPS) is 22.4. The maximum atomic E-state index is 12.1. The van der Waals surface area contributed by atoms with Crippen LogP contribution in [0.4, 0.5) is 0 Å². The molecule has 2 aliphatic heterocycles. The van der Waals surface area contributed by atoms with Gasteiger partial charge in [-0.3, -0.25) is 4.79 Å². The number of halogens is 1. The highest BCUT2D eigenvalue weighted by molar-refractivity contribution is 6.32. The highest BCUT2D eigenvalue weighted by Gasteiger charge is 2.20. The van der Waals surface area contributed by atoms with Crippen molar-refractivity contribution in [3.63, 3.8) is 0 Å². The van der Waals surface area contributed by atoms with E-state index < -0.39 is 0 Å². The molecule has 0 spiro atoms. The lowest BCUT2D eigenvalue weighted by molar-refractivity contribution is -0.928. The smallest absolute Gasteiger partial charge is 0.244 e. The topological polar surface area (TPSA) is 52.0 Å². The van der Waals surface area contributed by atoms with Crippen molar-refractivity contribution in [2.24, 2.45) is 0 Å². The first kappa shape index (κ1) is 20.0. The molecule has 3 rings (SSSR count). The largest absolute Gasteiger partial charge is 0.489 e. The van der Waals surface area contributed by atoms with E-state index in [0.29, 0.717) is 36.3 Å². The molecule has 0 bridgehead atoms. The molecular formula is C21H30ClN2O3+. The number of amides is 1. The van der Waals surface area contributed by atoms with Gasteiger partial charge in [-0.2, -0.15) is 0 Å². The molecule has 2 aliphatic rings. The van der Waals surface area contributed by atoms with Crippen molar-refractivity contribution in [2.45, 2.75) is 45.1 Å². The van der Waals surface area contributed by atoms with Gasteiger partial charge in [0.25, 0.3) is 0 Å². The maximum Gasteiger partial charge on any atom is 0.244 e. The van der Waals surface area contributed by atoms with Crippen LogP contribution in [0.3, 0.4) is 0 Å². The number of ether oxygens (including phenoxy) is 2. The van der Waals surface area contributed by atoms with Gasteiger partial charge < -0.3 is 19.7 Å². The summed E-state index contributed by atoms with van der Waals surface area (Å²) in [5, 5.41) is 3.47. The molecule has 0 aliphatic carbocycles. The molecule has 1 unspecified atom stereocenters. The second-order valence-electron chi connectivity index (χ2n) is 7.41. The van der Waals surface area contributed by atoms with Gasteiger partial charge in [0.1, 0.15) is 0 Å². The number of benzene rings is 1. The van der Waals surface area contributed by atoms with Crippen LogP contribution >= 0.6 is 11.6 Å². The van der Waals surface area contributed by atoms with Crippen molar-refractivity contribution in [3.8, 4) is 11.5 Å². The SMILES string of the molecule is C[C@@H]1CCCC[NH+]1CCCNC(=O)/C=C/c1cc(Cl)c2c(c1)OCCCO2. The minimum Gasteiger partial charge on any atom is -0.489 e. The third kappa shape index (κ3) is 5.88. The van der Waals surface area contributed by atoms with Crippen molar-refractivity contribution in [3.05, 3.63) is 28.8 Å². The standard InChI is InChI=1S/C21H29ClN2O3/c1-16-6-2-3-10-24(16)11-4-9-23-20(25)8-7-17-14-18(22)21-19(15-17)26-12-5-13-27-21/h7-8,14-16H,2-6,9-13H2,1H3,(H,23,25)/p+1/b8-7+/t16-/m1/s1. The summed E-state index contributed by atoms with van der Waals surface area (Å²) in [6.45, 7) is 6.64. The van der Waals surface area contributed by atoms with E-state index in [0.717, 1.165) is 31.0 Å². The Hall–Kier alpha value is -1.72. The third-order valence-corrected chi connectivity index (χ3v) is 5.59. The van der Waals surface area contributed by atoms with E-state index in [4.69, 9.17) is 21.1 Å². The number of fused-ring (bicyclic) bond motifs is 1. The second kappa shape index (κ2) is 10.00. The number of rotatable bonds is 6. The van der Waals surface area contributed by atoms with E-state index in [2.05, 4.69) is 12.2 Å². The van der Waals surface area contributed by atoms with Crippen LogP contribution in [0.5, 0.6) is 11.5 Å². The van der Waals surface area contributed by atoms with Crippen LogP contribution in [0.15, 0.2) is 18.2 Å². The highest BCUT2D eigenvalue weighted by atomic mass is 35.5. The zero-order valence-electron chi connectivity index (χ0n) is 16.1. The Morgan fingerprint density at radius 3 is 3.00 bits per heavy atom. The fourth-order valence-corrected chi connectivity index (χ4v) is 4.00. The Bertz CT molecular complexity index is 678. The van der Waals surface area contributed by atoms with Crippen molar-refractivity contribution >= 4 is 23.6 Å². The molecule has 6 heteroatoms. The summed E-state index contributed by atoms with van der Waals surface area (Å²) in [5.74, 6) is 1.14. The summed E-state index contributed by atoms with van der Waals surface area (Å²) in [6, 6.07) is 4.40. The average molecular weight is 394 g/mol. The van der Waals surface area contributed by atoms with Crippen LogP contribution in [0.1, 0.15) is 44.6 Å². The Morgan fingerprint density at radius 2 is 2.15 bits per heavy atom. The summed E-state index contributed by atoms with van der Waals surface area (Å²) >= 11 is 6.28. The third-order valence-electron chi connectivity index (χ3n) is 5.31. The second-order valence-corrected chi connectivity index (χ2v) is 7.82. The summed E-state index contributed by atoms with van der Waals surface area (Å²) < 4.78 is 11.3. The first-order chi connectivity index (χ1) is 13.1. The van der Waals surface area contributed by atoms with E-state index in [1.165, 1.54) is 25.8 Å². The number of hydrogen-bond acceptors (Lipinski definition) is 3. The average Bonchev–Trinajstić information content (AvgIpc) is 2.91. The summed E-state index contributed by atoms with van der Waals surface area (Å²) in [4.78, 5) is 13.7. The van der Waals surface area contributed by atoms with Crippen LogP contribution in [0.2, 0.25) is 5.02 Å². The highest BCUT2D eigenvalue weighted by Crippen LogP contribution is 2.38. The molecule has 0 aromatic heterocycles. The fourth-order valence-electron chi connectivity index (χ4n) is 3.73. The lowest BCUT2D eigenvalue weighted by Gasteiger charge is -2.30. The fraction of sp³-hybridized carbons (Fsp3) is 0.571. The van der Waals surface area contributed by atoms with Crippen LogP contribution in [0.25, 0.3) is 6.08 Å². The zero-order valence-corrected chi connectivity index (χ0v) is 16.8. The number of piperidine rings is 1. The van der Waals surface area contributed by atoms with E-state index in [9.17, 15) is 4.79 Å². The summed E-state index contributed by atoms with van der Waals surface area (Å²) in [6.07, 6.45) is 9.15. The molecule has 27 heavy (non-hydrogen) atoms. The van der Waals surface area contributed by atoms with E-state index in [1.807, 2.05) is 6.07 Å². The molecule has 0 radical (unpaired) electrons. The summed E-state index contributed by atoms with van der Waals surface area (Å²) in [7, 11) is 0. The quantitative estimate of drug-likeness (QED) is 0.576. The minimum absolute atomic E-state index is 0.0834. The molecule has 1 amide bonds. The number of hydrogen-bond donors (Lipinski definition) is 2. The van der Waals surface area contributed by atoms with Crippen LogP contribution in [-0.2, 0) is 4.79 Å². The molecule has 1 fully saturated rings. The molecule has 0 saturated carbocycles. The Balaban J connectivity index is 1.45. The monoisotopic (exact) mass is 393 g/mol. The summed E-state index contributed by atoms with van der Waals surface area (Å²) in [5.41, 5.74) is 0.825. The molecule has 2 atom stereocenters. The molecule has 1 aromatic rings. The maximum absolute atomic E-state index is 12.1. The van der Waals surface area contributed by atoms with E-state index in [-0.39, 0.29) is 5.91 Å². The molecule has 5 nitrogen and oxygen atoms in total. The van der Waals surface area contributed by atoms with Gasteiger partial charge in [0, 0.05) is 25.5 Å². The molecule has 2 heterocycles. The Labute approximate surface area is 166 Å². The molecule has 148 valence electrons. The number of carbonyl (C=O) groups excluding carboxylic acids is 1. The van der Waals surface area contributed by atoms with Crippen molar-refractivity contribution < 1.29 is 19.2 Å². The number of likely N-dealkylation sites (tertiary alicyclic amines) is 1. The van der Waals surface area contributed by atoms with Crippen molar-refractivity contribution in [2.75, 3.05) is 32.8 Å². The van der Waals surface area contributed by atoms with Crippen LogP contribution < -0.4 is 19.7 Å². The van der Waals surface area contributed by atoms with Gasteiger partial charge in [-0.15, -0.1) is 0 Å². The zero-order chi connectivity index (χ0) is 19.1. The van der Waals surface area contributed by atoms with Crippen molar-refractivity contribution in [1.82, 2.24) is 5.32 Å². The Kier molecular flexibility index (Phi) is 7.41. The predicted molar refractivity (Wildman–Crippen MR) is 108 cm³/mol. The number of carbonyl (C=O) groups is 1. The molecular weight excluding hydrogens is 364 g/mol. The van der Waals surface area contributed by atoms with Gasteiger partial charge in [-0.1, -0.05) is 11.6 Å². The van der Waals surface area contributed by atoms with Gasteiger partial charge in [-0.05, 0) is 50.0 Å². The Morgan fingerprint density at radius 1 is 1.30 bits per heavy atom. The van der Waals surface area contributed by atoms with Crippen LogP contribution in [-0.4, -0.2) is 44.8 Å². The van der Waals surface area contributed by atoms with Crippen molar-refractivity contribution in [1.29, 1.82) is 0 Å². The predicted octanol–water partition coefficient (Wildman–Crippen LogP) is 2.48. The van der Waals surface area contributed by atoms with Gasteiger partial charge in [0.05, 0.1) is 37.4 Å². The first-order valence-electron chi connectivity index (χ1n) is 10.0. The van der Waals surface area contributed by atoms with E-state index >= 15 is 0 Å². The number of quaternary nitrogens is 1. The molecule has 1 saturated heterocycles. The van der Waals surface area contributed by atoms with Gasteiger partial charge in [0.15, 0.2) is 11.5 Å². The lowest BCUT2D eigenvalue weighted by Crippen LogP contribution is -3.16. The van der Waals surface area contributed by atoms with Gasteiger partial charge in [-0.25, -0.2) is 0 Å². The van der Waals surface area contributed by atoms with E-state index in [1.54, 1.807) is 23.1 Å². The molecule has 2 N–H and O–H groups in total.